The van der Waals surface area contributed by atoms with Crippen molar-refractivity contribution < 1.29 is 14.3 Å². The number of methoxy groups -OCH3 is 1. The Labute approximate surface area is 187 Å². The van der Waals surface area contributed by atoms with Crippen LogP contribution in [0.25, 0.3) is 10.6 Å². The first-order valence-corrected chi connectivity index (χ1v) is 11.2. The zero-order valence-electron chi connectivity index (χ0n) is 17.9. The molecule has 4 rings (SSSR count). The van der Waals surface area contributed by atoms with Gasteiger partial charge in [0.25, 0.3) is 0 Å². The second-order valence-electron chi connectivity index (χ2n) is 7.61. The number of hydrogen-bond donors (Lipinski definition) is 0. The van der Waals surface area contributed by atoms with Crippen molar-refractivity contribution in [3.05, 3.63) is 70.7 Å². The molecule has 162 valence electrons. The number of hydrogen-bond acceptors (Lipinski definition) is 7. The molecule has 31 heavy (non-hydrogen) atoms. The van der Waals surface area contributed by atoms with Crippen LogP contribution in [0.5, 0.6) is 0 Å². The molecule has 1 saturated heterocycles. The van der Waals surface area contributed by atoms with Gasteiger partial charge in [-0.05, 0) is 30.8 Å². The SMILES string of the molecule is COC(=O)c1ccc(-c2nc(CN(C)Cc3ccccc3N3CCOCC3)cs2)cc1. The van der Waals surface area contributed by atoms with E-state index in [4.69, 9.17) is 14.5 Å². The van der Waals surface area contributed by atoms with Crippen LogP contribution < -0.4 is 4.90 Å². The van der Waals surface area contributed by atoms with Crippen LogP contribution in [0.3, 0.4) is 0 Å². The number of nitrogens with zero attached hydrogens (tertiary/aromatic N) is 3. The number of carbonyl (C=O) groups is 1. The van der Waals surface area contributed by atoms with Crippen molar-refractivity contribution >= 4 is 23.0 Å². The van der Waals surface area contributed by atoms with Crippen LogP contribution in [0.15, 0.2) is 53.9 Å². The van der Waals surface area contributed by atoms with E-state index in [0.717, 1.165) is 55.7 Å². The minimum atomic E-state index is -0.328. The van der Waals surface area contributed by atoms with Gasteiger partial charge < -0.3 is 14.4 Å². The van der Waals surface area contributed by atoms with E-state index in [2.05, 4.69) is 46.5 Å². The summed E-state index contributed by atoms with van der Waals surface area (Å²) in [6.45, 7) is 5.07. The summed E-state index contributed by atoms with van der Waals surface area (Å²) in [5, 5.41) is 3.06. The number of ether oxygens (including phenoxy) is 2. The van der Waals surface area contributed by atoms with Crippen LogP contribution in [0.4, 0.5) is 5.69 Å². The van der Waals surface area contributed by atoms with Gasteiger partial charge in [0.1, 0.15) is 5.01 Å². The smallest absolute Gasteiger partial charge is 0.337 e. The number of para-hydroxylation sites is 1. The summed E-state index contributed by atoms with van der Waals surface area (Å²) in [5.41, 5.74) is 5.21. The Morgan fingerprint density at radius 1 is 1.13 bits per heavy atom. The number of rotatable bonds is 7. The van der Waals surface area contributed by atoms with Crippen LogP contribution >= 0.6 is 11.3 Å². The number of anilines is 1. The topological polar surface area (TPSA) is 54.9 Å². The molecule has 7 heteroatoms. The van der Waals surface area contributed by atoms with Crippen LogP contribution in [0.2, 0.25) is 0 Å². The Morgan fingerprint density at radius 3 is 2.61 bits per heavy atom. The van der Waals surface area contributed by atoms with Crippen molar-refractivity contribution in [2.75, 3.05) is 45.4 Å². The number of carbonyl (C=O) groups excluding carboxylic acids is 1. The molecular weight excluding hydrogens is 410 g/mol. The van der Waals surface area contributed by atoms with Gasteiger partial charge in [0.15, 0.2) is 0 Å². The summed E-state index contributed by atoms with van der Waals surface area (Å²) in [5.74, 6) is -0.328. The van der Waals surface area contributed by atoms with Gasteiger partial charge >= 0.3 is 5.97 Å². The predicted octanol–water partition coefficient (Wildman–Crippen LogP) is 4.07. The Morgan fingerprint density at radius 2 is 1.87 bits per heavy atom. The molecule has 0 amide bonds. The lowest BCUT2D eigenvalue weighted by Crippen LogP contribution is -2.37. The fourth-order valence-corrected chi connectivity index (χ4v) is 4.58. The molecule has 0 unspecified atom stereocenters. The van der Waals surface area contributed by atoms with Crippen LogP contribution in [0, 0.1) is 0 Å². The fraction of sp³-hybridized carbons (Fsp3) is 0.333. The number of benzene rings is 2. The summed E-state index contributed by atoms with van der Waals surface area (Å²) in [7, 11) is 3.51. The molecule has 1 fully saturated rings. The zero-order chi connectivity index (χ0) is 21.6. The molecule has 0 saturated carbocycles. The van der Waals surface area contributed by atoms with Crippen LogP contribution in [-0.2, 0) is 22.6 Å². The monoisotopic (exact) mass is 437 g/mol. The van der Waals surface area contributed by atoms with Gasteiger partial charge in [-0.25, -0.2) is 9.78 Å². The Bertz CT molecular complexity index is 1010. The molecule has 0 atom stereocenters. The van der Waals surface area contributed by atoms with Crippen LogP contribution in [-0.4, -0.2) is 56.3 Å². The van der Waals surface area contributed by atoms with Gasteiger partial charge in [-0.15, -0.1) is 11.3 Å². The third-order valence-corrected chi connectivity index (χ3v) is 6.26. The van der Waals surface area contributed by atoms with E-state index in [1.807, 2.05) is 12.1 Å². The molecule has 2 heterocycles. The first-order chi connectivity index (χ1) is 15.1. The maximum absolute atomic E-state index is 11.6. The molecule has 2 aromatic carbocycles. The molecular formula is C24H27N3O3S. The highest BCUT2D eigenvalue weighted by Gasteiger charge is 2.16. The summed E-state index contributed by atoms with van der Waals surface area (Å²) in [6.07, 6.45) is 0. The molecule has 0 radical (unpaired) electrons. The molecule has 6 nitrogen and oxygen atoms in total. The van der Waals surface area contributed by atoms with Crippen molar-refractivity contribution in [3.8, 4) is 10.6 Å². The summed E-state index contributed by atoms with van der Waals surface area (Å²) in [4.78, 5) is 21.1. The maximum atomic E-state index is 11.6. The van der Waals surface area contributed by atoms with Crippen molar-refractivity contribution in [1.82, 2.24) is 9.88 Å². The first-order valence-electron chi connectivity index (χ1n) is 10.4. The Balaban J connectivity index is 1.41. The highest BCUT2D eigenvalue weighted by atomic mass is 32.1. The lowest BCUT2D eigenvalue weighted by Gasteiger charge is -2.31. The molecule has 1 aliphatic heterocycles. The minimum Gasteiger partial charge on any atom is -0.465 e. The summed E-state index contributed by atoms with van der Waals surface area (Å²) in [6, 6.07) is 16.0. The van der Waals surface area contributed by atoms with Gasteiger partial charge in [0, 0.05) is 42.8 Å². The third kappa shape index (κ3) is 5.31. The van der Waals surface area contributed by atoms with E-state index in [-0.39, 0.29) is 5.97 Å². The summed E-state index contributed by atoms with van der Waals surface area (Å²) >= 11 is 1.62. The molecule has 1 aromatic heterocycles. The number of esters is 1. The van der Waals surface area contributed by atoms with Gasteiger partial charge in [-0.2, -0.15) is 0 Å². The highest BCUT2D eigenvalue weighted by Crippen LogP contribution is 2.26. The standard InChI is InChI=1S/C24H27N3O3S/c1-26(15-20-5-3-4-6-22(20)27-11-13-30-14-12-27)16-21-17-31-23(25-21)18-7-9-19(10-8-18)24(28)29-2/h3-10,17H,11-16H2,1-2H3. The van der Waals surface area contributed by atoms with E-state index in [1.165, 1.54) is 18.4 Å². The quantitative estimate of drug-likeness (QED) is 0.520. The lowest BCUT2D eigenvalue weighted by molar-refractivity contribution is 0.0600. The van der Waals surface area contributed by atoms with Crippen molar-refractivity contribution in [2.45, 2.75) is 13.1 Å². The number of aromatic nitrogens is 1. The lowest BCUT2D eigenvalue weighted by atomic mass is 10.1. The first kappa shape index (κ1) is 21.5. The average molecular weight is 438 g/mol. The number of thiazole rings is 1. The fourth-order valence-electron chi connectivity index (χ4n) is 3.76. The van der Waals surface area contributed by atoms with Gasteiger partial charge in [-0.1, -0.05) is 30.3 Å². The van der Waals surface area contributed by atoms with E-state index < -0.39 is 0 Å². The molecule has 0 aliphatic carbocycles. The van der Waals surface area contributed by atoms with Crippen molar-refractivity contribution in [3.63, 3.8) is 0 Å². The van der Waals surface area contributed by atoms with Gasteiger partial charge in [0.2, 0.25) is 0 Å². The van der Waals surface area contributed by atoms with Crippen LogP contribution in [0.1, 0.15) is 21.6 Å². The maximum Gasteiger partial charge on any atom is 0.337 e. The molecule has 0 spiro atoms. The van der Waals surface area contributed by atoms with Crippen molar-refractivity contribution in [2.24, 2.45) is 0 Å². The van der Waals surface area contributed by atoms with E-state index in [0.29, 0.717) is 5.56 Å². The second kappa shape index (κ2) is 10.0. The highest BCUT2D eigenvalue weighted by molar-refractivity contribution is 7.13. The normalized spacial score (nSPS) is 14.1. The molecule has 0 bridgehead atoms. The molecule has 3 aromatic rings. The zero-order valence-corrected chi connectivity index (χ0v) is 18.7. The van der Waals surface area contributed by atoms with E-state index in [9.17, 15) is 4.79 Å². The number of morpholine rings is 1. The summed E-state index contributed by atoms with van der Waals surface area (Å²) < 4.78 is 10.3. The van der Waals surface area contributed by atoms with E-state index >= 15 is 0 Å². The second-order valence-corrected chi connectivity index (χ2v) is 8.47. The third-order valence-electron chi connectivity index (χ3n) is 5.32. The van der Waals surface area contributed by atoms with E-state index in [1.54, 1.807) is 23.5 Å². The predicted molar refractivity (Wildman–Crippen MR) is 124 cm³/mol. The molecule has 1 aliphatic rings. The largest absolute Gasteiger partial charge is 0.465 e. The Hall–Kier alpha value is -2.74. The Kier molecular flexibility index (Phi) is 6.96. The van der Waals surface area contributed by atoms with Gasteiger partial charge in [0.05, 0.1) is 31.6 Å². The minimum absolute atomic E-state index is 0.328. The molecule has 0 N–H and O–H groups in total. The van der Waals surface area contributed by atoms with Gasteiger partial charge in [-0.3, -0.25) is 4.90 Å². The van der Waals surface area contributed by atoms with Crippen molar-refractivity contribution in [1.29, 1.82) is 0 Å². The average Bonchev–Trinajstić information content (AvgIpc) is 3.28.